The average molecular weight is 351 g/mol. The minimum absolute atomic E-state index is 0.119. The summed E-state index contributed by atoms with van der Waals surface area (Å²) in [6, 6.07) is 6.23. The van der Waals surface area contributed by atoms with Gasteiger partial charge in [-0.25, -0.2) is 4.79 Å². The normalized spacial score (nSPS) is 16.9. The predicted octanol–water partition coefficient (Wildman–Crippen LogP) is 2.68. The molecule has 2 amide bonds. The lowest BCUT2D eigenvalue weighted by atomic mass is 10.1. The van der Waals surface area contributed by atoms with Crippen molar-refractivity contribution in [2.24, 2.45) is 0 Å². The number of carbonyl (C=O) groups excluding carboxylic acids is 1. The fraction of sp³-hybridized carbons (Fsp3) is 0.438. The fourth-order valence-electron chi connectivity index (χ4n) is 2.64. The van der Waals surface area contributed by atoms with Gasteiger partial charge in [0, 0.05) is 24.5 Å². The number of rotatable bonds is 6. The summed E-state index contributed by atoms with van der Waals surface area (Å²) in [5.41, 5.74) is 1.26. The Morgan fingerprint density at radius 1 is 1.26 bits per heavy atom. The predicted molar refractivity (Wildman–Crippen MR) is 94.0 cm³/mol. The highest BCUT2D eigenvalue weighted by atomic mass is 32.1. The van der Waals surface area contributed by atoms with Crippen LogP contribution in [0.5, 0.6) is 0 Å². The monoisotopic (exact) mass is 351 g/mol. The van der Waals surface area contributed by atoms with Gasteiger partial charge >= 0.3 is 6.03 Å². The quantitative estimate of drug-likeness (QED) is 0.841. The lowest BCUT2D eigenvalue weighted by Crippen LogP contribution is -2.45. The third kappa shape index (κ3) is 4.78. The van der Waals surface area contributed by atoms with E-state index in [2.05, 4.69) is 32.4 Å². The maximum atomic E-state index is 12.0. The van der Waals surface area contributed by atoms with E-state index in [0.29, 0.717) is 13.1 Å². The van der Waals surface area contributed by atoms with Gasteiger partial charge in [-0.3, -0.25) is 4.90 Å². The van der Waals surface area contributed by atoms with Crippen molar-refractivity contribution in [1.29, 1.82) is 0 Å². The Morgan fingerprint density at radius 3 is 2.83 bits per heavy atom. The number of urea groups is 1. The maximum Gasteiger partial charge on any atom is 0.315 e. The average Bonchev–Trinajstić information content (AvgIpc) is 3.28. The van der Waals surface area contributed by atoms with Gasteiger partial charge < -0.3 is 15.4 Å². The van der Waals surface area contributed by atoms with Crippen molar-refractivity contribution in [1.82, 2.24) is 15.5 Å². The van der Waals surface area contributed by atoms with Crippen LogP contribution in [0.1, 0.15) is 16.5 Å². The van der Waals surface area contributed by atoms with Crippen molar-refractivity contribution in [2.75, 3.05) is 32.8 Å². The molecule has 2 N–H and O–H groups in total. The third-order valence-corrected chi connectivity index (χ3v) is 5.45. The Kier molecular flexibility index (Phi) is 6.04. The molecule has 3 heterocycles. The lowest BCUT2D eigenvalue weighted by Gasteiger charge is -2.34. The first-order valence-corrected chi connectivity index (χ1v) is 9.53. The van der Waals surface area contributed by atoms with Crippen LogP contribution in [-0.4, -0.2) is 43.8 Å². The number of nitrogens with zero attached hydrogens (tertiary/aromatic N) is 1. The molecule has 0 unspecified atom stereocenters. The SMILES string of the molecule is O=C(NCc1cccs1)NC[C@H](c1ccsc1)N1CCOCC1. The van der Waals surface area contributed by atoms with Crippen molar-refractivity contribution in [3.8, 4) is 0 Å². The van der Waals surface area contributed by atoms with Gasteiger partial charge in [-0.2, -0.15) is 11.3 Å². The molecule has 124 valence electrons. The summed E-state index contributed by atoms with van der Waals surface area (Å²) in [4.78, 5) is 15.6. The second kappa shape index (κ2) is 8.44. The Morgan fingerprint density at radius 2 is 2.13 bits per heavy atom. The Balaban J connectivity index is 1.52. The molecule has 1 atom stereocenters. The van der Waals surface area contributed by atoms with E-state index in [1.54, 1.807) is 22.7 Å². The van der Waals surface area contributed by atoms with Gasteiger partial charge in [0.15, 0.2) is 0 Å². The summed E-state index contributed by atoms with van der Waals surface area (Å²) in [5.74, 6) is 0. The number of amides is 2. The summed E-state index contributed by atoms with van der Waals surface area (Å²) >= 11 is 3.34. The van der Waals surface area contributed by atoms with Crippen LogP contribution in [-0.2, 0) is 11.3 Å². The van der Waals surface area contributed by atoms with E-state index in [0.717, 1.165) is 31.2 Å². The molecule has 0 radical (unpaired) electrons. The van der Waals surface area contributed by atoms with Crippen LogP contribution in [0.4, 0.5) is 4.79 Å². The first kappa shape index (κ1) is 16.4. The molecule has 0 bridgehead atoms. The topological polar surface area (TPSA) is 53.6 Å². The van der Waals surface area contributed by atoms with Crippen LogP contribution in [0, 0.1) is 0 Å². The summed E-state index contributed by atoms with van der Waals surface area (Å²) in [7, 11) is 0. The van der Waals surface area contributed by atoms with E-state index in [9.17, 15) is 4.79 Å². The molecule has 0 spiro atoms. The highest BCUT2D eigenvalue weighted by Crippen LogP contribution is 2.23. The van der Waals surface area contributed by atoms with Crippen LogP contribution in [0.15, 0.2) is 34.3 Å². The number of ether oxygens (including phenoxy) is 1. The first-order valence-electron chi connectivity index (χ1n) is 7.71. The maximum absolute atomic E-state index is 12.0. The zero-order valence-corrected chi connectivity index (χ0v) is 14.5. The molecule has 0 aromatic carbocycles. The van der Waals surface area contributed by atoms with E-state index >= 15 is 0 Å². The molecular weight excluding hydrogens is 330 g/mol. The van der Waals surface area contributed by atoms with Gasteiger partial charge in [-0.15, -0.1) is 11.3 Å². The lowest BCUT2D eigenvalue weighted by molar-refractivity contribution is 0.0168. The Bertz CT molecular complexity index is 581. The van der Waals surface area contributed by atoms with E-state index < -0.39 is 0 Å². The van der Waals surface area contributed by atoms with E-state index in [4.69, 9.17) is 4.74 Å². The Hall–Kier alpha value is -1.41. The van der Waals surface area contributed by atoms with E-state index in [-0.39, 0.29) is 12.1 Å². The molecule has 1 fully saturated rings. The summed E-state index contributed by atoms with van der Waals surface area (Å²) < 4.78 is 5.44. The molecule has 5 nitrogen and oxygen atoms in total. The third-order valence-electron chi connectivity index (χ3n) is 3.87. The molecular formula is C16H21N3O2S2. The van der Waals surface area contributed by atoms with Crippen molar-refractivity contribution < 1.29 is 9.53 Å². The number of carbonyl (C=O) groups is 1. The highest BCUT2D eigenvalue weighted by Gasteiger charge is 2.23. The van der Waals surface area contributed by atoms with Crippen molar-refractivity contribution in [3.63, 3.8) is 0 Å². The number of thiophene rings is 2. The summed E-state index contributed by atoms with van der Waals surface area (Å²) in [6.45, 7) is 4.49. The number of morpholine rings is 1. The number of nitrogens with one attached hydrogen (secondary N) is 2. The number of hydrogen-bond acceptors (Lipinski definition) is 5. The van der Waals surface area contributed by atoms with Gasteiger partial charge in [-0.05, 0) is 33.8 Å². The molecule has 2 aromatic heterocycles. The van der Waals surface area contributed by atoms with Crippen molar-refractivity contribution >= 4 is 28.7 Å². The molecule has 0 saturated carbocycles. The Labute approximate surface area is 144 Å². The molecule has 1 saturated heterocycles. The van der Waals surface area contributed by atoms with E-state index in [1.165, 1.54) is 5.56 Å². The summed E-state index contributed by atoms with van der Waals surface area (Å²) in [5, 5.41) is 12.2. The molecule has 3 rings (SSSR count). The van der Waals surface area contributed by atoms with Crippen molar-refractivity contribution in [3.05, 3.63) is 44.8 Å². The number of hydrogen-bond donors (Lipinski definition) is 2. The van der Waals surface area contributed by atoms with Crippen LogP contribution in [0.3, 0.4) is 0 Å². The molecule has 1 aliphatic heterocycles. The summed E-state index contributed by atoms with van der Waals surface area (Å²) in [6.07, 6.45) is 0. The minimum Gasteiger partial charge on any atom is -0.379 e. The minimum atomic E-state index is -0.119. The standard InChI is InChI=1S/C16H21N3O2S2/c20-16(17-10-14-2-1-8-23-14)18-11-15(13-3-9-22-12-13)19-4-6-21-7-5-19/h1-3,8-9,12,15H,4-7,10-11H2,(H2,17,18,20)/t15-/m1/s1. The van der Waals surface area contributed by atoms with Crippen LogP contribution < -0.4 is 10.6 Å². The first-order chi connectivity index (χ1) is 11.3. The van der Waals surface area contributed by atoms with Gasteiger partial charge in [0.25, 0.3) is 0 Å². The second-order valence-corrected chi connectivity index (χ2v) is 7.18. The largest absolute Gasteiger partial charge is 0.379 e. The van der Waals surface area contributed by atoms with Gasteiger partial charge in [0.2, 0.25) is 0 Å². The van der Waals surface area contributed by atoms with Gasteiger partial charge in [-0.1, -0.05) is 6.07 Å². The van der Waals surface area contributed by atoms with Crippen LogP contribution >= 0.6 is 22.7 Å². The molecule has 1 aliphatic rings. The van der Waals surface area contributed by atoms with Crippen LogP contribution in [0.2, 0.25) is 0 Å². The molecule has 2 aromatic rings. The van der Waals surface area contributed by atoms with Crippen LogP contribution in [0.25, 0.3) is 0 Å². The molecule has 23 heavy (non-hydrogen) atoms. The molecule has 7 heteroatoms. The van der Waals surface area contributed by atoms with Gasteiger partial charge in [0.1, 0.15) is 0 Å². The fourth-order valence-corrected chi connectivity index (χ4v) is 4.00. The second-order valence-electron chi connectivity index (χ2n) is 5.36. The molecule has 0 aliphatic carbocycles. The zero-order valence-electron chi connectivity index (χ0n) is 12.9. The van der Waals surface area contributed by atoms with E-state index in [1.807, 2.05) is 17.5 Å². The zero-order chi connectivity index (χ0) is 15.9. The van der Waals surface area contributed by atoms with Crippen molar-refractivity contribution in [2.45, 2.75) is 12.6 Å². The smallest absolute Gasteiger partial charge is 0.315 e. The highest BCUT2D eigenvalue weighted by molar-refractivity contribution is 7.09. The van der Waals surface area contributed by atoms with Gasteiger partial charge in [0.05, 0.1) is 25.8 Å².